The van der Waals surface area contributed by atoms with Crippen LogP contribution in [0.5, 0.6) is 0 Å². The molecule has 9 heteroatoms. The molecule has 7 nitrogen and oxygen atoms in total. The van der Waals surface area contributed by atoms with Crippen molar-refractivity contribution in [1.82, 2.24) is 30.0 Å². The van der Waals surface area contributed by atoms with Crippen LogP contribution in [0, 0.1) is 0 Å². The van der Waals surface area contributed by atoms with Crippen LogP contribution in [-0.4, -0.2) is 62.1 Å². The van der Waals surface area contributed by atoms with E-state index in [0.717, 1.165) is 35.8 Å². The van der Waals surface area contributed by atoms with E-state index in [0.29, 0.717) is 31.1 Å². The predicted octanol–water partition coefficient (Wildman–Crippen LogP) is 3.50. The average molecular weight is 459 g/mol. The number of hydrogen-bond donors (Lipinski definition) is 0. The highest BCUT2D eigenvalue weighted by molar-refractivity contribution is 6.31. The number of halogens is 2. The molecular weight excluding hydrogens is 435 g/mol. The minimum atomic E-state index is -0.0329. The van der Waals surface area contributed by atoms with E-state index in [1.807, 2.05) is 47.4 Å². The molecule has 4 rings (SSSR count). The Morgan fingerprint density at radius 3 is 2.42 bits per heavy atom. The molecule has 1 saturated heterocycles. The minimum absolute atomic E-state index is 0.0329. The van der Waals surface area contributed by atoms with Gasteiger partial charge in [-0.15, -0.1) is 5.10 Å². The Kier molecular flexibility index (Phi) is 7.17. The zero-order valence-electron chi connectivity index (χ0n) is 17.1. The van der Waals surface area contributed by atoms with E-state index in [9.17, 15) is 4.79 Å². The molecule has 2 heterocycles. The topological polar surface area (TPSA) is 67.2 Å². The summed E-state index contributed by atoms with van der Waals surface area (Å²) in [4.78, 5) is 17.4. The molecule has 1 aromatic heterocycles. The number of rotatable bonds is 7. The molecule has 0 bridgehead atoms. The van der Waals surface area contributed by atoms with E-state index in [4.69, 9.17) is 23.2 Å². The van der Waals surface area contributed by atoms with Crippen molar-refractivity contribution in [1.29, 1.82) is 0 Å². The Morgan fingerprint density at radius 1 is 1.00 bits per heavy atom. The third kappa shape index (κ3) is 5.81. The van der Waals surface area contributed by atoms with Crippen LogP contribution in [-0.2, 0) is 17.9 Å². The molecule has 1 aliphatic heterocycles. The van der Waals surface area contributed by atoms with Gasteiger partial charge in [-0.3, -0.25) is 9.69 Å². The fraction of sp³-hybridized carbons (Fsp3) is 0.364. The van der Waals surface area contributed by atoms with Crippen LogP contribution in [0.4, 0.5) is 0 Å². The maximum absolute atomic E-state index is 13.1. The Hall–Kier alpha value is -2.48. The first kappa shape index (κ1) is 21.7. The van der Waals surface area contributed by atoms with Gasteiger partial charge in [-0.2, -0.15) is 0 Å². The van der Waals surface area contributed by atoms with E-state index >= 15 is 0 Å². The van der Waals surface area contributed by atoms with Crippen LogP contribution < -0.4 is 0 Å². The molecular formula is C22H24Cl2N6O. The molecule has 3 aromatic rings. The molecule has 1 atom stereocenters. The molecule has 1 amide bonds. The van der Waals surface area contributed by atoms with Gasteiger partial charge >= 0.3 is 0 Å². The van der Waals surface area contributed by atoms with Crippen molar-refractivity contribution in [3.05, 3.63) is 76.0 Å². The maximum atomic E-state index is 13.1. The van der Waals surface area contributed by atoms with Crippen molar-refractivity contribution in [3.8, 4) is 0 Å². The molecule has 162 valence electrons. The third-order valence-corrected chi connectivity index (χ3v) is 6.26. The molecule has 2 aromatic carbocycles. The second kappa shape index (κ2) is 10.2. The van der Waals surface area contributed by atoms with E-state index in [2.05, 4.69) is 26.5 Å². The van der Waals surface area contributed by atoms with Gasteiger partial charge in [-0.05, 0) is 39.8 Å². The maximum Gasteiger partial charge on any atom is 0.223 e. The smallest absolute Gasteiger partial charge is 0.223 e. The third-order valence-electron chi connectivity index (χ3n) is 5.64. The summed E-state index contributed by atoms with van der Waals surface area (Å²) < 4.78 is 1.66. The van der Waals surface area contributed by atoms with E-state index in [-0.39, 0.29) is 11.8 Å². The van der Waals surface area contributed by atoms with Gasteiger partial charge in [0.1, 0.15) is 6.33 Å². The van der Waals surface area contributed by atoms with Crippen molar-refractivity contribution in [2.45, 2.75) is 25.4 Å². The van der Waals surface area contributed by atoms with Gasteiger partial charge in [0.25, 0.3) is 0 Å². The Morgan fingerprint density at radius 2 is 1.74 bits per heavy atom. The number of hydrogen-bond acceptors (Lipinski definition) is 5. The Balaban J connectivity index is 1.36. The van der Waals surface area contributed by atoms with Crippen molar-refractivity contribution in [2.24, 2.45) is 0 Å². The summed E-state index contributed by atoms with van der Waals surface area (Å²) >= 11 is 12.3. The lowest BCUT2D eigenvalue weighted by Gasteiger charge is -2.35. The van der Waals surface area contributed by atoms with Crippen molar-refractivity contribution < 1.29 is 4.79 Å². The number of nitrogens with zero attached hydrogens (tertiary/aromatic N) is 6. The zero-order chi connectivity index (χ0) is 21.6. The van der Waals surface area contributed by atoms with Crippen LogP contribution in [0.15, 0.2) is 54.9 Å². The van der Waals surface area contributed by atoms with Gasteiger partial charge < -0.3 is 4.90 Å². The summed E-state index contributed by atoms with van der Waals surface area (Å²) in [5.74, 6) is 0.111. The standard InChI is InChI=1S/C22H24Cl2N6O/c23-20-7-5-17(6-8-20)19(15-30-16-25-26-27-30)13-22(31)29-11-9-28(10-12-29)14-18-3-1-2-4-21(18)24/h1-8,16,19H,9-15H2/t19-/m1/s1. The first-order chi connectivity index (χ1) is 15.1. The molecule has 0 spiro atoms. The van der Waals surface area contributed by atoms with Gasteiger partial charge in [0.05, 0.1) is 6.54 Å². The number of benzene rings is 2. The number of carbonyl (C=O) groups is 1. The van der Waals surface area contributed by atoms with Crippen LogP contribution in [0.1, 0.15) is 23.5 Å². The van der Waals surface area contributed by atoms with Crippen LogP contribution in [0.3, 0.4) is 0 Å². The molecule has 0 radical (unpaired) electrons. The fourth-order valence-corrected chi connectivity index (χ4v) is 4.20. The van der Waals surface area contributed by atoms with E-state index < -0.39 is 0 Å². The normalized spacial score (nSPS) is 15.7. The van der Waals surface area contributed by atoms with Gasteiger partial charge in [0.15, 0.2) is 0 Å². The lowest BCUT2D eigenvalue weighted by molar-refractivity contribution is -0.133. The van der Waals surface area contributed by atoms with Crippen LogP contribution in [0.2, 0.25) is 10.0 Å². The van der Waals surface area contributed by atoms with Crippen molar-refractivity contribution in [3.63, 3.8) is 0 Å². The summed E-state index contributed by atoms with van der Waals surface area (Å²) in [5, 5.41) is 12.8. The Bertz CT molecular complexity index is 988. The van der Waals surface area contributed by atoms with Gasteiger partial charge in [-0.25, -0.2) is 4.68 Å². The van der Waals surface area contributed by atoms with Crippen molar-refractivity contribution in [2.75, 3.05) is 26.2 Å². The number of carbonyl (C=O) groups excluding carboxylic acids is 1. The van der Waals surface area contributed by atoms with E-state index in [1.165, 1.54) is 0 Å². The first-order valence-corrected chi connectivity index (χ1v) is 11.0. The fourth-order valence-electron chi connectivity index (χ4n) is 3.88. The van der Waals surface area contributed by atoms with Gasteiger partial charge in [-0.1, -0.05) is 53.5 Å². The molecule has 1 aliphatic rings. The van der Waals surface area contributed by atoms with Gasteiger partial charge in [0, 0.05) is 55.1 Å². The highest BCUT2D eigenvalue weighted by Gasteiger charge is 2.25. The predicted molar refractivity (Wildman–Crippen MR) is 120 cm³/mol. The molecule has 0 saturated carbocycles. The highest BCUT2D eigenvalue weighted by atomic mass is 35.5. The summed E-state index contributed by atoms with van der Waals surface area (Å²) in [5.41, 5.74) is 2.17. The minimum Gasteiger partial charge on any atom is -0.340 e. The largest absolute Gasteiger partial charge is 0.340 e. The zero-order valence-corrected chi connectivity index (χ0v) is 18.6. The molecule has 0 N–H and O–H groups in total. The molecule has 1 fully saturated rings. The second-order valence-corrected chi connectivity index (χ2v) is 8.58. The van der Waals surface area contributed by atoms with Crippen molar-refractivity contribution >= 4 is 29.1 Å². The highest BCUT2D eigenvalue weighted by Crippen LogP contribution is 2.25. The Labute approximate surface area is 191 Å². The molecule has 0 unspecified atom stereocenters. The lowest BCUT2D eigenvalue weighted by Crippen LogP contribution is -2.48. The second-order valence-electron chi connectivity index (χ2n) is 7.73. The molecule has 0 aliphatic carbocycles. The number of tetrazole rings is 1. The summed E-state index contributed by atoms with van der Waals surface area (Å²) in [6.07, 6.45) is 1.97. The summed E-state index contributed by atoms with van der Waals surface area (Å²) in [6.45, 7) is 4.41. The van der Waals surface area contributed by atoms with E-state index in [1.54, 1.807) is 11.0 Å². The lowest BCUT2D eigenvalue weighted by atomic mass is 9.95. The van der Waals surface area contributed by atoms with Crippen LogP contribution in [0.25, 0.3) is 0 Å². The summed E-state index contributed by atoms with van der Waals surface area (Å²) in [7, 11) is 0. The first-order valence-electron chi connectivity index (χ1n) is 10.3. The number of piperazine rings is 1. The number of aromatic nitrogens is 4. The molecule has 31 heavy (non-hydrogen) atoms. The van der Waals surface area contributed by atoms with Crippen LogP contribution >= 0.6 is 23.2 Å². The SMILES string of the molecule is O=C(C[C@H](Cn1cnnn1)c1ccc(Cl)cc1)N1CCN(Cc2ccccc2Cl)CC1. The van der Waals surface area contributed by atoms with Gasteiger partial charge in [0.2, 0.25) is 5.91 Å². The average Bonchev–Trinajstić information content (AvgIpc) is 3.29. The monoisotopic (exact) mass is 458 g/mol. The quantitative estimate of drug-likeness (QED) is 0.541. The number of amides is 1. The summed E-state index contributed by atoms with van der Waals surface area (Å²) in [6, 6.07) is 15.5.